The number of anilines is 2. The predicted octanol–water partition coefficient (Wildman–Crippen LogP) is 2.04. The van der Waals surface area contributed by atoms with Crippen molar-refractivity contribution in [1.29, 1.82) is 0 Å². The Balaban J connectivity index is 1.65. The van der Waals surface area contributed by atoms with Crippen molar-refractivity contribution < 1.29 is 4.79 Å². The molecule has 1 N–H and O–H groups in total. The van der Waals surface area contributed by atoms with E-state index in [0.717, 1.165) is 36.5 Å². The van der Waals surface area contributed by atoms with E-state index in [4.69, 9.17) is 0 Å². The first-order chi connectivity index (χ1) is 10.7. The molecule has 1 aliphatic heterocycles. The first-order valence-corrected chi connectivity index (χ1v) is 7.46. The maximum atomic E-state index is 12.5. The van der Waals surface area contributed by atoms with E-state index in [1.807, 2.05) is 13.0 Å². The van der Waals surface area contributed by atoms with Gasteiger partial charge in [0.05, 0.1) is 24.0 Å². The van der Waals surface area contributed by atoms with Crippen LogP contribution in [0.3, 0.4) is 0 Å². The second-order valence-electron chi connectivity index (χ2n) is 5.59. The monoisotopic (exact) mass is 297 g/mol. The molecule has 1 saturated heterocycles. The van der Waals surface area contributed by atoms with Crippen LogP contribution in [0.2, 0.25) is 0 Å². The van der Waals surface area contributed by atoms with Crippen LogP contribution in [0.4, 0.5) is 11.5 Å². The highest BCUT2D eigenvalue weighted by molar-refractivity contribution is 5.92. The minimum atomic E-state index is -0.0451. The van der Waals surface area contributed by atoms with Crippen molar-refractivity contribution in [3.63, 3.8) is 0 Å². The summed E-state index contributed by atoms with van der Waals surface area (Å²) in [7, 11) is 0. The first kappa shape index (κ1) is 14.4. The fourth-order valence-electron chi connectivity index (χ4n) is 2.72. The molecule has 1 fully saturated rings. The van der Waals surface area contributed by atoms with Crippen LogP contribution < -0.4 is 10.2 Å². The summed E-state index contributed by atoms with van der Waals surface area (Å²) in [5.41, 5.74) is 1.78. The molecule has 2 aromatic heterocycles. The second kappa shape index (κ2) is 6.51. The Labute approximate surface area is 129 Å². The van der Waals surface area contributed by atoms with E-state index in [2.05, 4.69) is 25.2 Å². The summed E-state index contributed by atoms with van der Waals surface area (Å²) in [5.74, 6) is 0.828. The van der Waals surface area contributed by atoms with Gasteiger partial charge < -0.3 is 10.2 Å². The van der Waals surface area contributed by atoms with Crippen molar-refractivity contribution in [2.24, 2.45) is 5.92 Å². The van der Waals surface area contributed by atoms with E-state index in [1.54, 1.807) is 31.0 Å². The highest BCUT2D eigenvalue weighted by Crippen LogP contribution is 2.22. The number of piperidine rings is 1. The fourth-order valence-corrected chi connectivity index (χ4v) is 2.72. The highest BCUT2D eigenvalue weighted by Gasteiger charge is 2.26. The maximum Gasteiger partial charge on any atom is 0.229 e. The third-order valence-corrected chi connectivity index (χ3v) is 3.81. The lowest BCUT2D eigenvalue weighted by Gasteiger charge is -2.32. The van der Waals surface area contributed by atoms with Crippen LogP contribution in [0.15, 0.2) is 37.1 Å². The molecule has 2 aromatic rings. The van der Waals surface area contributed by atoms with Gasteiger partial charge in [0.15, 0.2) is 0 Å². The second-order valence-corrected chi connectivity index (χ2v) is 5.59. The zero-order valence-electron chi connectivity index (χ0n) is 12.6. The van der Waals surface area contributed by atoms with Crippen molar-refractivity contribution in [2.45, 2.75) is 19.8 Å². The number of carbonyl (C=O) groups is 1. The summed E-state index contributed by atoms with van der Waals surface area (Å²) in [6.45, 7) is 3.54. The van der Waals surface area contributed by atoms with Crippen molar-refractivity contribution in [3.05, 3.63) is 42.6 Å². The highest BCUT2D eigenvalue weighted by atomic mass is 16.1. The van der Waals surface area contributed by atoms with Gasteiger partial charge >= 0.3 is 0 Å². The largest absolute Gasteiger partial charge is 0.355 e. The molecule has 114 valence electrons. The van der Waals surface area contributed by atoms with Crippen LogP contribution in [0.5, 0.6) is 0 Å². The van der Waals surface area contributed by atoms with Gasteiger partial charge in [0.25, 0.3) is 0 Å². The Bertz CT molecular complexity index is 646. The zero-order valence-corrected chi connectivity index (χ0v) is 12.6. The van der Waals surface area contributed by atoms with Crippen LogP contribution in [0.1, 0.15) is 18.4 Å². The van der Waals surface area contributed by atoms with E-state index >= 15 is 0 Å². The van der Waals surface area contributed by atoms with Crippen LogP contribution in [-0.4, -0.2) is 33.9 Å². The number of hydrogen-bond donors (Lipinski definition) is 1. The van der Waals surface area contributed by atoms with E-state index in [1.165, 1.54) is 0 Å². The van der Waals surface area contributed by atoms with Crippen LogP contribution in [-0.2, 0) is 4.79 Å². The molecule has 0 aromatic carbocycles. The Kier molecular flexibility index (Phi) is 4.27. The van der Waals surface area contributed by atoms with Gasteiger partial charge in [-0.25, -0.2) is 4.98 Å². The molecule has 0 radical (unpaired) electrons. The standard InChI is InChI=1S/C16H19N5O/c1-12-7-14(9-18-8-12)20-16(22)13-3-2-6-21(11-13)15-10-17-4-5-19-15/h4-5,7-10,13H,2-3,6,11H2,1H3,(H,20,22). The predicted molar refractivity (Wildman–Crippen MR) is 84.6 cm³/mol. The molecular formula is C16H19N5O. The third kappa shape index (κ3) is 3.39. The number of carbonyl (C=O) groups excluding carboxylic acids is 1. The number of aryl methyl sites for hydroxylation is 1. The van der Waals surface area contributed by atoms with E-state index in [0.29, 0.717) is 6.54 Å². The van der Waals surface area contributed by atoms with Crippen molar-refractivity contribution in [1.82, 2.24) is 15.0 Å². The Morgan fingerprint density at radius 2 is 2.18 bits per heavy atom. The maximum absolute atomic E-state index is 12.5. The van der Waals surface area contributed by atoms with Crippen molar-refractivity contribution in [3.8, 4) is 0 Å². The normalized spacial score (nSPS) is 18.0. The number of nitrogens with one attached hydrogen (secondary N) is 1. The van der Waals surface area contributed by atoms with Gasteiger partial charge in [-0.15, -0.1) is 0 Å². The SMILES string of the molecule is Cc1cncc(NC(=O)C2CCCN(c3cnccn3)C2)c1. The van der Waals surface area contributed by atoms with E-state index in [9.17, 15) is 4.79 Å². The van der Waals surface area contributed by atoms with Gasteiger partial charge in [0.2, 0.25) is 5.91 Å². The van der Waals surface area contributed by atoms with Crippen molar-refractivity contribution >= 4 is 17.4 Å². The topological polar surface area (TPSA) is 71.0 Å². The molecule has 22 heavy (non-hydrogen) atoms. The van der Waals surface area contributed by atoms with Gasteiger partial charge in [-0.05, 0) is 31.4 Å². The fraction of sp³-hybridized carbons (Fsp3) is 0.375. The number of amides is 1. The van der Waals surface area contributed by atoms with Crippen LogP contribution in [0, 0.1) is 12.8 Å². The van der Waals surface area contributed by atoms with Gasteiger partial charge in [0.1, 0.15) is 5.82 Å². The summed E-state index contributed by atoms with van der Waals surface area (Å²) in [5, 5.41) is 2.96. The lowest BCUT2D eigenvalue weighted by Crippen LogP contribution is -2.41. The zero-order chi connectivity index (χ0) is 15.4. The third-order valence-electron chi connectivity index (χ3n) is 3.81. The minimum Gasteiger partial charge on any atom is -0.355 e. The molecule has 1 unspecified atom stereocenters. The van der Waals surface area contributed by atoms with Gasteiger partial charge in [-0.1, -0.05) is 0 Å². The Hall–Kier alpha value is -2.50. The Morgan fingerprint density at radius 3 is 2.95 bits per heavy atom. The molecule has 0 bridgehead atoms. The molecule has 0 aliphatic carbocycles. The number of rotatable bonds is 3. The number of nitrogens with zero attached hydrogens (tertiary/aromatic N) is 4. The molecule has 0 saturated carbocycles. The molecule has 0 spiro atoms. The summed E-state index contributed by atoms with van der Waals surface area (Å²) < 4.78 is 0. The molecule has 3 heterocycles. The van der Waals surface area contributed by atoms with E-state index < -0.39 is 0 Å². The number of hydrogen-bond acceptors (Lipinski definition) is 5. The summed E-state index contributed by atoms with van der Waals surface area (Å²) in [6.07, 6.45) is 10.4. The molecule has 6 heteroatoms. The van der Waals surface area contributed by atoms with Crippen LogP contribution in [0.25, 0.3) is 0 Å². The van der Waals surface area contributed by atoms with Gasteiger partial charge in [0, 0.05) is 31.7 Å². The molecule has 1 atom stereocenters. The quantitative estimate of drug-likeness (QED) is 0.938. The van der Waals surface area contributed by atoms with Gasteiger partial charge in [-0.2, -0.15) is 0 Å². The summed E-state index contributed by atoms with van der Waals surface area (Å²) in [4.78, 5) is 27.1. The summed E-state index contributed by atoms with van der Waals surface area (Å²) >= 11 is 0. The minimum absolute atomic E-state index is 0.0426. The van der Waals surface area contributed by atoms with Crippen LogP contribution >= 0.6 is 0 Å². The molecule has 1 amide bonds. The molecule has 1 aliphatic rings. The first-order valence-electron chi connectivity index (χ1n) is 7.46. The lowest BCUT2D eigenvalue weighted by molar-refractivity contribution is -0.120. The number of aromatic nitrogens is 3. The molecule has 6 nitrogen and oxygen atoms in total. The average Bonchev–Trinajstić information content (AvgIpc) is 2.56. The lowest BCUT2D eigenvalue weighted by atomic mass is 9.97. The molecular weight excluding hydrogens is 278 g/mol. The smallest absolute Gasteiger partial charge is 0.229 e. The molecule has 3 rings (SSSR count). The number of pyridine rings is 1. The van der Waals surface area contributed by atoms with E-state index in [-0.39, 0.29) is 11.8 Å². The van der Waals surface area contributed by atoms with Crippen molar-refractivity contribution in [2.75, 3.05) is 23.3 Å². The summed E-state index contributed by atoms with van der Waals surface area (Å²) in [6, 6.07) is 1.92. The average molecular weight is 297 g/mol. The van der Waals surface area contributed by atoms with Gasteiger partial charge in [-0.3, -0.25) is 14.8 Å². The Morgan fingerprint density at radius 1 is 1.27 bits per heavy atom.